The van der Waals surface area contributed by atoms with Gasteiger partial charge < -0.3 is 4.74 Å². The molecule has 0 bridgehead atoms. The molecule has 0 aliphatic rings. The van der Waals surface area contributed by atoms with Crippen molar-refractivity contribution in [1.82, 2.24) is 9.78 Å². The van der Waals surface area contributed by atoms with Crippen molar-refractivity contribution in [2.75, 3.05) is 7.11 Å². The maximum atomic E-state index is 11.2. The Kier molecular flexibility index (Phi) is 3.35. The van der Waals surface area contributed by atoms with Crippen molar-refractivity contribution in [1.29, 1.82) is 0 Å². The van der Waals surface area contributed by atoms with Crippen LogP contribution >= 0.6 is 10.7 Å². The number of carbonyl (C=O) groups is 1. The maximum Gasteiger partial charge on any atom is 0.341 e. The van der Waals surface area contributed by atoms with Gasteiger partial charge in [0.2, 0.25) is 9.05 Å². The van der Waals surface area contributed by atoms with Gasteiger partial charge in [0.25, 0.3) is 0 Å². The molecule has 0 radical (unpaired) electrons. The van der Waals surface area contributed by atoms with Crippen molar-refractivity contribution < 1.29 is 17.9 Å². The van der Waals surface area contributed by atoms with Gasteiger partial charge in [-0.25, -0.2) is 13.2 Å². The lowest BCUT2D eigenvalue weighted by Crippen LogP contribution is -2.09. The number of hydrogen-bond acceptors (Lipinski definition) is 5. The monoisotopic (exact) mass is 252 g/mol. The third-order valence-electron chi connectivity index (χ3n) is 1.78. The molecule has 1 heterocycles. The highest BCUT2D eigenvalue weighted by Gasteiger charge is 2.20. The SMILES string of the molecule is COC(=O)c1cnn(C)c1CS(=O)(=O)Cl. The van der Waals surface area contributed by atoms with Gasteiger partial charge in [-0.2, -0.15) is 5.10 Å². The summed E-state index contributed by atoms with van der Waals surface area (Å²) in [7, 11) is 4.09. The van der Waals surface area contributed by atoms with E-state index in [0.717, 1.165) is 0 Å². The van der Waals surface area contributed by atoms with E-state index in [4.69, 9.17) is 10.7 Å². The van der Waals surface area contributed by atoms with Gasteiger partial charge in [-0.15, -0.1) is 0 Å². The number of ether oxygens (including phenoxy) is 1. The van der Waals surface area contributed by atoms with Crippen molar-refractivity contribution in [2.24, 2.45) is 7.05 Å². The Balaban J connectivity index is 3.16. The molecule has 8 heteroatoms. The molecule has 0 unspecified atom stereocenters. The highest BCUT2D eigenvalue weighted by Crippen LogP contribution is 2.14. The lowest BCUT2D eigenvalue weighted by atomic mass is 10.3. The first-order valence-electron chi connectivity index (χ1n) is 3.86. The van der Waals surface area contributed by atoms with Crippen molar-refractivity contribution >= 4 is 25.7 Å². The Labute approximate surface area is 91.2 Å². The van der Waals surface area contributed by atoms with Gasteiger partial charge in [-0.1, -0.05) is 0 Å². The van der Waals surface area contributed by atoms with Gasteiger partial charge >= 0.3 is 5.97 Å². The zero-order valence-electron chi connectivity index (χ0n) is 8.10. The van der Waals surface area contributed by atoms with E-state index in [1.54, 1.807) is 0 Å². The minimum absolute atomic E-state index is 0.101. The second-order valence-corrected chi connectivity index (χ2v) is 5.58. The minimum atomic E-state index is -3.73. The lowest BCUT2D eigenvalue weighted by molar-refractivity contribution is 0.0599. The molecule has 0 saturated carbocycles. The Bertz CT molecular complexity index is 479. The normalized spacial score (nSPS) is 11.4. The zero-order chi connectivity index (χ0) is 11.6. The second kappa shape index (κ2) is 4.19. The molecular formula is C7H9ClN2O4S. The van der Waals surface area contributed by atoms with E-state index in [-0.39, 0.29) is 11.3 Å². The quantitative estimate of drug-likeness (QED) is 0.570. The van der Waals surface area contributed by atoms with Crippen LogP contribution in [-0.2, 0) is 26.6 Å². The first-order valence-corrected chi connectivity index (χ1v) is 6.34. The van der Waals surface area contributed by atoms with E-state index >= 15 is 0 Å². The average molecular weight is 253 g/mol. The summed E-state index contributed by atoms with van der Waals surface area (Å²) in [5.41, 5.74) is 0.307. The van der Waals surface area contributed by atoms with E-state index in [0.29, 0.717) is 0 Å². The molecule has 6 nitrogen and oxygen atoms in total. The number of hydrogen-bond donors (Lipinski definition) is 0. The van der Waals surface area contributed by atoms with Gasteiger partial charge in [-0.05, 0) is 0 Å². The van der Waals surface area contributed by atoms with Crippen molar-refractivity contribution in [2.45, 2.75) is 5.75 Å². The molecule has 0 saturated heterocycles. The number of carbonyl (C=O) groups excluding carboxylic acids is 1. The standard InChI is InChI=1S/C7H9ClN2O4S/c1-10-6(4-15(8,12)13)5(3-9-10)7(11)14-2/h3H,4H2,1-2H3. The van der Waals surface area contributed by atoms with Gasteiger partial charge in [0, 0.05) is 17.7 Å². The van der Waals surface area contributed by atoms with E-state index in [9.17, 15) is 13.2 Å². The second-order valence-electron chi connectivity index (χ2n) is 2.80. The summed E-state index contributed by atoms with van der Waals surface area (Å²) in [6.07, 6.45) is 1.24. The number of halogens is 1. The zero-order valence-corrected chi connectivity index (χ0v) is 9.67. The van der Waals surface area contributed by atoms with Crippen LogP contribution in [0.15, 0.2) is 6.20 Å². The Hall–Kier alpha value is -1.08. The molecule has 1 aromatic rings. The summed E-state index contributed by atoms with van der Waals surface area (Å²) in [5, 5.41) is 3.76. The van der Waals surface area contributed by atoms with Crippen LogP contribution in [-0.4, -0.2) is 31.3 Å². The Morgan fingerprint density at radius 3 is 2.73 bits per heavy atom. The van der Waals surface area contributed by atoms with Crippen LogP contribution in [0.1, 0.15) is 16.1 Å². The van der Waals surface area contributed by atoms with Gasteiger partial charge in [0.05, 0.1) is 19.0 Å². The number of rotatable bonds is 3. The fourth-order valence-corrected chi connectivity index (χ4v) is 2.06. The van der Waals surface area contributed by atoms with E-state index in [1.807, 2.05) is 0 Å². The van der Waals surface area contributed by atoms with Crippen LogP contribution in [0.4, 0.5) is 0 Å². The summed E-state index contributed by atoms with van der Waals surface area (Å²) in [5.74, 6) is -1.10. The molecule has 0 atom stereocenters. The predicted octanol–water partition coefficient (Wildman–Crippen LogP) is 0.275. The number of aryl methyl sites for hydroxylation is 1. The van der Waals surface area contributed by atoms with Crippen molar-refractivity contribution in [3.05, 3.63) is 17.5 Å². The summed E-state index contributed by atoms with van der Waals surface area (Å²) in [6.45, 7) is 0. The van der Waals surface area contributed by atoms with Crippen LogP contribution in [0.2, 0.25) is 0 Å². The number of aromatic nitrogens is 2. The molecular weight excluding hydrogens is 244 g/mol. The fraction of sp³-hybridized carbons (Fsp3) is 0.429. The molecule has 84 valence electrons. The predicted molar refractivity (Wildman–Crippen MR) is 53.0 cm³/mol. The molecule has 1 rings (SSSR count). The molecule has 0 amide bonds. The molecule has 0 aliphatic carbocycles. The summed E-state index contributed by atoms with van der Waals surface area (Å²) >= 11 is 0. The molecule has 0 fully saturated rings. The molecule has 0 spiro atoms. The third kappa shape index (κ3) is 2.93. The molecule has 0 N–H and O–H groups in total. The first-order chi connectivity index (χ1) is 6.85. The van der Waals surface area contributed by atoms with Crippen molar-refractivity contribution in [3.63, 3.8) is 0 Å². The summed E-state index contributed by atoms with van der Waals surface area (Å²) in [4.78, 5) is 11.2. The van der Waals surface area contributed by atoms with Crippen LogP contribution < -0.4 is 0 Å². The van der Waals surface area contributed by atoms with Gasteiger partial charge in [0.1, 0.15) is 11.3 Å². The van der Waals surface area contributed by atoms with Crippen LogP contribution in [0, 0.1) is 0 Å². The van der Waals surface area contributed by atoms with E-state index in [2.05, 4.69) is 9.84 Å². The fourth-order valence-electron chi connectivity index (χ4n) is 1.08. The van der Waals surface area contributed by atoms with Crippen LogP contribution in [0.5, 0.6) is 0 Å². The average Bonchev–Trinajstić information content (AvgIpc) is 2.45. The minimum Gasteiger partial charge on any atom is -0.465 e. The smallest absolute Gasteiger partial charge is 0.341 e. The molecule has 15 heavy (non-hydrogen) atoms. The summed E-state index contributed by atoms with van der Waals surface area (Å²) in [6, 6.07) is 0. The van der Waals surface area contributed by atoms with E-state index in [1.165, 1.54) is 25.0 Å². The molecule has 0 aromatic carbocycles. The van der Waals surface area contributed by atoms with Gasteiger partial charge in [-0.3, -0.25) is 4.68 Å². The number of esters is 1. The Morgan fingerprint density at radius 2 is 2.27 bits per heavy atom. The highest BCUT2D eigenvalue weighted by atomic mass is 35.7. The lowest BCUT2D eigenvalue weighted by Gasteiger charge is -2.02. The largest absolute Gasteiger partial charge is 0.465 e. The van der Waals surface area contributed by atoms with E-state index < -0.39 is 20.8 Å². The number of methoxy groups -OCH3 is 1. The van der Waals surface area contributed by atoms with Crippen LogP contribution in [0.25, 0.3) is 0 Å². The van der Waals surface area contributed by atoms with Gasteiger partial charge in [0.15, 0.2) is 0 Å². The Morgan fingerprint density at radius 1 is 1.67 bits per heavy atom. The van der Waals surface area contributed by atoms with Crippen LogP contribution in [0.3, 0.4) is 0 Å². The highest BCUT2D eigenvalue weighted by molar-refractivity contribution is 8.13. The van der Waals surface area contributed by atoms with Crippen molar-refractivity contribution in [3.8, 4) is 0 Å². The molecule has 1 aromatic heterocycles. The number of nitrogens with zero attached hydrogens (tertiary/aromatic N) is 2. The third-order valence-corrected chi connectivity index (χ3v) is 2.72. The summed E-state index contributed by atoms with van der Waals surface area (Å²) < 4.78 is 27.5. The topological polar surface area (TPSA) is 78.3 Å². The maximum absolute atomic E-state index is 11.2. The molecule has 0 aliphatic heterocycles. The first kappa shape index (κ1) is 12.0.